The fourth-order valence-corrected chi connectivity index (χ4v) is 2.51. The number of pyridine rings is 1. The van der Waals surface area contributed by atoms with Gasteiger partial charge in [-0.15, -0.1) is 0 Å². The van der Waals surface area contributed by atoms with Crippen LogP contribution in [0.15, 0.2) is 18.3 Å². The van der Waals surface area contributed by atoms with Crippen molar-refractivity contribution in [1.82, 2.24) is 10.3 Å². The van der Waals surface area contributed by atoms with E-state index in [2.05, 4.69) is 24.1 Å². The molecule has 1 fully saturated rings. The van der Waals surface area contributed by atoms with Crippen molar-refractivity contribution < 1.29 is 4.79 Å². The Morgan fingerprint density at radius 1 is 1.59 bits per heavy atom. The summed E-state index contributed by atoms with van der Waals surface area (Å²) < 4.78 is 0. The van der Waals surface area contributed by atoms with Gasteiger partial charge in [0, 0.05) is 17.3 Å². The molecule has 1 N–H and O–H groups in total. The highest BCUT2D eigenvalue weighted by atomic mass is 35.5. The van der Waals surface area contributed by atoms with Gasteiger partial charge in [0.2, 0.25) is 0 Å². The zero-order valence-electron chi connectivity index (χ0n) is 10.2. The molecule has 0 saturated heterocycles. The zero-order chi connectivity index (χ0) is 12.5. The number of hydrogen-bond donors (Lipinski definition) is 1. The van der Waals surface area contributed by atoms with Crippen molar-refractivity contribution in [3.63, 3.8) is 0 Å². The van der Waals surface area contributed by atoms with Crippen LogP contribution in [0.1, 0.15) is 43.6 Å². The van der Waals surface area contributed by atoms with Crippen LogP contribution < -0.4 is 5.32 Å². The van der Waals surface area contributed by atoms with Gasteiger partial charge < -0.3 is 5.32 Å². The molecule has 0 aromatic carbocycles. The van der Waals surface area contributed by atoms with E-state index in [9.17, 15) is 4.79 Å². The Labute approximate surface area is 107 Å². The van der Waals surface area contributed by atoms with Crippen LogP contribution in [0.2, 0.25) is 5.02 Å². The molecule has 1 aliphatic rings. The van der Waals surface area contributed by atoms with E-state index in [4.69, 9.17) is 11.6 Å². The Bertz CT molecular complexity index is 431. The minimum atomic E-state index is -0.129. The number of hydrogen-bond acceptors (Lipinski definition) is 2. The van der Waals surface area contributed by atoms with Crippen LogP contribution in [-0.4, -0.2) is 16.9 Å². The van der Waals surface area contributed by atoms with Gasteiger partial charge in [-0.1, -0.05) is 25.4 Å². The van der Waals surface area contributed by atoms with E-state index < -0.39 is 0 Å². The maximum Gasteiger partial charge on any atom is 0.270 e. The van der Waals surface area contributed by atoms with Gasteiger partial charge >= 0.3 is 0 Å². The molecule has 1 aliphatic carbocycles. The van der Waals surface area contributed by atoms with E-state index in [1.54, 1.807) is 18.3 Å². The topological polar surface area (TPSA) is 42.0 Å². The van der Waals surface area contributed by atoms with Gasteiger partial charge in [0.15, 0.2) is 0 Å². The van der Waals surface area contributed by atoms with Gasteiger partial charge in [0.1, 0.15) is 5.69 Å². The van der Waals surface area contributed by atoms with Crippen molar-refractivity contribution in [2.45, 2.75) is 39.2 Å². The van der Waals surface area contributed by atoms with E-state index in [1.807, 2.05) is 0 Å². The van der Waals surface area contributed by atoms with E-state index in [0.29, 0.717) is 16.1 Å². The van der Waals surface area contributed by atoms with Crippen molar-refractivity contribution in [3.8, 4) is 0 Å². The van der Waals surface area contributed by atoms with Crippen molar-refractivity contribution in [2.75, 3.05) is 0 Å². The summed E-state index contributed by atoms with van der Waals surface area (Å²) in [6.45, 7) is 4.47. The van der Waals surface area contributed by atoms with Crippen LogP contribution in [-0.2, 0) is 0 Å². The molecule has 0 aliphatic heterocycles. The first-order valence-corrected chi connectivity index (χ1v) is 6.26. The van der Waals surface area contributed by atoms with Crippen LogP contribution in [0.5, 0.6) is 0 Å². The van der Waals surface area contributed by atoms with E-state index in [-0.39, 0.29) is 11.9 Å². The molecule has 1 aromatic heterocycles. The van der Waals surface area contributed by atoms with Gasteiger partial charge in [0.25, 0.3) is 5.91 Å². The molecule has 1 aromatic rings. The van der Waals surface area contributed by atoms with E-state index >= 15 is 0 Å². The summed E-state index contributed by atoms with van der Waals surface area (Å²) in [5.74, 6) is -0.129. The second kappa shape index (κ2) is 4.65. The standard InChI is InChI=1S/C13H17ClN2O/c1-13(2)5-3-10(8-13)16-12(17)11-7-9(14)4-6-15-11/h4,6-7,10H,3,5,8H2,1-2H3,(H,16,17). The molecule has 3 nitrogen and oxygen atoms in total. The lowest BCUT2D eigenvalue weighted by Gasteiger charge is -2.17. The van der Waals surface area contributed by atoms with E-state index in [1.165, 1.54) is 0 Å². The molecule has 1 heterocycles. The Kier molecular flexibility index (Phi) is 3.38. The Hall–Kier alpha value is -1.09. The van der Waals surface area contributed by atoms with E-state index in [0.717, 1.165) is 19.3 Å². The number of nitrogens with one attached hydrogen (secondary N) is 1. The number of carbonyl (C=O) groups excluding carboxylic acids is 1. The predicted octanol–water partition coefficient (Wildman–Crippen LogP) is 3.04. The molecule has 1 atom stereocenters. The Morgan fingerprint density at radius 3 is 2.94 bits per heavy atom. The normalized spacial score (nSPS) is 22.4. The SMILES string of the molecule is CC1(C)CCC(NC(=O)c2cc(Cl)ccn2)C1. The quantitative estimate of drug-likeness (QED) is 0.879. The van der Waals surface area contributed by atoms with Gasteiger partial charge in [-0.05, 0) is 36.8 Å². The minimum Gasteiger partial charge on any atom is -0.348 e. The Morgan fingerprint density at radius 2 is 2.35 bits per heavy atom. The van der Waals surface area contributed by atoms with Gasteiger partial charge in [0.05, 0.1) is 0 Å². The lowest BCUT2D eigenvalue weighted by atomic mass is 9.92. The molecule has 0 bridgehead atoms. The summed E-state index contributed by atoms with van der Waals surface area (Å²) in [5.41, 5.74) is 0.724. The van der Waals surface area contributed by atoms with Gasteiger partial charge in [-0.2, -0.15) is 0 Å². The second-order valence-electron chi connectivity index (χ2n) is 5.44. The van der Waals surface area contributed by atoms with Crippen LogP contribution in [0.3, 0.4) is 0 Å². The van der Waals surface area contributed by atoms with Crippen molar-refractivity contribution in [3.05, 3.63) is 29.0 Å². The highest BCUT2D eigenvalue weighted by Crippen LogP contribution is 2.36. The first kappa shape index (κ1) is 12.4. The van der Waals surface area contributed by atoms with Gasteiger partial charge in [-0.25, -0.2) is 0 Å². The lowest BCUT2D eigenvalue weighted by Crippen LogP contribution is -2.34. The molecule has 1 amide bonds. The summed E-state index contributed by atoms with van der Waals surface area (Å²) in [5, 5.41) is 3.56. The molecule has 1 unspecified atom stereocenters. The van der Waals surface area contributed by atoms with Crippen LogP contribution in [0, 0.1) is 5.41 Å². The monoisotopic (exact) mass is 252 g/mol. The molecule has 92 valence electrons. The highest BCUT2D eigenvalue weighted by molar-refractivity contribution is 6.30. The minimum absolute atomic E-state index is 0.129. The molecule has 17 heavy (non-hydrogen) atoms. The summed E-state index contributed by atoms with van der Waals surface area (Å²) in [6.07, 6.45) is 4.77. The smallest absolute Gasteiger partial charge is 0.270 e. The first-order valence-electron chi connectivity index (χ1n) is 5.89. The number of halogens is 1. The molecule has 4 heteroatoms. The summed E-state index contributed by atoms with van der Waals surface area (Å²) in [6, 6.07) is 3.52. The molecular weight excluding hydrogens is 236 g/mol. The molecule has 2 rings (SSSR count). The largest absolute Gasteiger partial charge is 0.348 e. The maximum absolute atomic E-state index is 11.9. The maximum atomic E-state index is 11.9. The van der Waals surface area contributed by atoms with Crippen molar-refractivity contribution in [1.29, 1.82) is 0 Å². The third-order valence-electron chi connectivity index (χ3n) is 3.26. The number of carbonyl (C=O) groups is 1. The fraction of sp³-hybridized carbons (Fsp3) is 0.538. The summed E-state index contributed by atoms with van der Waals surface area (Å²) >= 11 is 5.83. The Balaban J connectivity index is 1.98. The van der Waals surface area contributed by atoms with Crippen LogP contribution in [0.25, 0.3) is 0 Å². The molecule has 0 radical (unpaired) electrons. The molecule has 1 saturated carbocycles. The zero-order valence-corrected chi connectivity index (χ0v) is 10.9. The third kappa shape index (κ3) is 3.19. The number of aromatic nitrogens is 1. The number of amides is 1. The second-order valence-corrected chi connectivity index (χ2v) is 5.87. The fourth-order valence-electron chi connectivity index (χ4n) is 2.35. The predicted molar refractivity (Wildman–Crippen MR) is 68.1 cm³/mol. The number of rotatable bonds is 2. The molecular formula is C13H17ClN2O. The van der Waals surface area contributed by atoms with Gasteiger partial charge in [-0.3, -0.25) is 9.78 Å². The molecule has 0 spiro atoms. The first-order chi connectivity index (χ1) is 7.96. The number of nitrogens with zero attached hydrogens (tertiary/aromatic N) is 1. The average Bonchev–Trinajstić information content (AvgIpc) is 2.58. The van der Waals surface area contributed by atoms with Crippen LogP contribution in [0.4, 0.5) is 0 Å². The third-order valence-corrected chi connectivity index (χ3v) is 3.49. The van der Waals surface area contributed by atoms with Crippen LogP contribution >= 0.6 is 11.6 Å². The lowest BCUT2D eigenvalue weighted by molar-refractivity contribution is 0.0931. The average molecular weight is 253 g/mol. The van der Waals surface area contributed by atoms with Crippen molar-refractivity contribution >= 4 is 17.5 Å². The van der Waals surface area contributed by atoms with Crippen molar-refractivity contribution in [2.24, 2.45) is 5.41 Å². The summed E-state index contributed by atoms with van der Waals surface area (Å²) in [4.78, 5) is 16.0. The highest BCUT2D eigenvalue weighted by Gasteiger charge is 2.31. The summed E-state index contributed by atoms with van der Waals surface area (Å²) in [7, 11) is 0.